The van der Waals surface area contributed by atoms with E-state index in [0.29, 0.717) is 22.0 Å². The molecule has 200 valence electrons. The topological polar surface area (TPSA) is 105 Å². The van der Waals surface area contributed by atoms with E-state index in [2.05, 4.69) is 10.6 Å². The van der Waals surface area contributed by atoms with Crippen LogP contribution in [0.25, 0.3) is 0 Å². The molecule has 0 aliphatic carbocycles. The van der Waals surface area contributed by atoms with Crippen LogP contribution in [0, 0.1) is 6.92 Å². The lowest BCUT2D eigenvalue weighted by Crippen LogP contribution is -2.32. The molecule has 0 bridgehead atoms. The molecule has 1 aliphatic rings. The van der Waals surface area contributed by atoms with E-state index in [1.54, 1.807) is 54.6 Å². The summed E-state index contributed by atoms with van der Waals surface area (Å²) < 4.78 is 5.22. The average molecular weight is 566 g/mol. The number of anilines is 3. The fourth-order valence-corrected chi connectivity index (χ4v) is 4.26. The lowest BCUT2D eigenvalue weighted by Gasteiger charge is -2.16. The van der Waals surface area contributed by atoms with Crippen LogP contribution < -0.4 is 15.5 Å². The van der Waals surface area contributed by atoms with Gasteiger partial charge in [0.1, 0.15) is 10.7 Å². The first-order chi connectivity index (χ1) is 18.7. The zero-order valence-electron chi connectivity index (χ0n) is 21.2. The largest absolute Gasteiger partial charge is 0.462 e. The number of ether oxygens (including phenoxy) is 1. The molecule has 10 heteroatoms. The zero-order valence-corrected chi connectivity index (χ0v) is 22.7. The van der Waals surface area contributed by atoms with Gasteiger partial charge in [-0.2, -0.15) is 0 Å². The van der Waals surface area contributed by atoms with E-state index < -0.39 is 17.8 Å². The maximum absolute atomic E-state index is 13.2. The molecule has 0 atom stereocenters. The lowest BCUT2D eigenvalue weighted by molar-refractivity contribution is -0.120. The smallest absolute Gasteiger partial charge is 0.338 e. The molecule has 1 heterocycles. The molecule has 0 spiro atoms. The van der Waals surface area contributed by atoms with E-state index in [0.717, 1.165) is 23.3 Å². The van der Waals surface area contributed by atoms with Gasteiger partial charge in [0, 0.05) is 22.0 Å². The van der Waals surface area contributed by atoms with Gasteiger partial charge in [0.25, 0.3) is 17.7 Å². The zero-order chi connectivity index (χ0) is 28.1. The number of nitrogens with one attached hydrogen (secondary N) is 2. The van der Waals surface area contributed by atoms with Crippen molar-refractivity contribution < 1.29 is 23.9 Å². The molecule has 0 saturated heterocycles. The minimum Gasteiger partial charge on any atom is -0.462 e. The second kappa shape index (κ2) is 12.1. The second-order valence-electron chi connectivity index (χ2n) is 8.79. The van der Waals surface area contributed by atoms with Crippen LogP contribution in [0.5, 0.6) is 0 Å². The Bertz CT molecular complexity index is 1480. The third kappa shape index (κ3) is 6.30. The number of nitrogens with zero attached hydrogens (tertiary/aromatic N) is 1. The number of aryl methyl sites for hydroxylation is 1. The number of halogens is 2. The first-order valence-corrected chi connectivity index (χ1v) is 13.0. The molecule has 0 saturated carbocycles. The minimum absolute atomic E-state index is 0.119. The summed E-state index contributed by atoms with van der Waals surface area (Å²) in [6, 6.07) is 17.5. The Balaban J connectivity index is 1.45. The first kappa shape index (κ1) is 27.9. The maximum Gasteiger partial charge on any atom is 0.338 e. The minimum atomic E-state index is -0.727. The van der Waals surface area contributed by atoms with Crippen LogP contribution in [-0.4, -0.2) is 30.3 Å². The van der Waals surface area contributed by atoms with Gasteiger partial charge in [-0.25, -0.2) is 9.69 Å². The number of imide groups is 1. The number of hydrogen-bond donors (Lipinski definition) is 2. The highest BCUT2D eigenvalue weighted by Crippen LogP contribution is 2.31. The van der Waals surface area contributed by atoms with Crippen molar-refractivity contribution in [3.8, 4) is 0 Å². The van der Waals surface area contributed by atoms with E-state index in [-0.39, 0.29) is 34.5 Å². The molecule has 8 nitrogen and oxygen atoms in total. The molecule has 0 unspecified atom stereocenters. The number of benzene rings is 3. The van der Waals surface area contributed by atoms with Gasteiger partial charge in [0.2, 0.25) is 0 Å². The van der Waals surface area contributed by atoms with Gasteiger partial charge in [0.05, 0.1) is 17.9 Å². The van der Waals surface area contributed by atoms with Crippen molar-refractivity contribution in [1.29, 1.82) is 0 Å². The van der Waals surface area contributed by atoms with Gasteiger partial charge in [0.15, 0.2) is 0 Å². The Hall–Kier alpha value is -4.14. The highest BCUT2D eigenvalue weighted by molar-refractivity contribution is 6.53. The molecule has 4 rings (SSSR count). The summed E-state index contributed by atoms with van der Waals surface area (Å²) in [4.78, 5) is 51.9. The predicted octanol–water partition coefficient (Wildman–Crippen LogP) is 6.29. The molecule has 39 heavy (non-hydrogen) atoms. The Labute approximate surface area is 235 Å². The lowest BCUT2D eigenvalue weighted by atomic mass is 10.1. The van der Waals surface area contributed by atoms with Crippen LogP contribution in [0.3, 0.4) is 0 Å². The SMILES string of the molecule is CCCCOC(=O)c1cccc(N2C(=O)C(Cl)=C(Nc3ccc(C(=O)Nc4ccc(Cl)cc4C)cc3)C2=O)c1. The van der Waals surface area contributed by atoms with E-state index >= 15 is 0 Å². The van der Waals surface area contributed by atoms with Crippen LogP contribution in [0.4, 0.5) is 17.1 Å². The predicted molar refractivity (Wildman–Crippen MR) is 151 cm³/mol. The van der Waals surface area contributed by atoms with Crippen molar-refractivity contribution in [2.45, 2.75) is 26.7 Å². The Morgan fingerprint density at radius 3 is 2.36 bits per heavy atom. The molecule has 0 aromatic heterocycles. The Morgan fingerprint density at radius 2 is 1.67 bits per heavy atom. The standard InChI is InChI=1S/C29H25Cl2N3O5/c1-3-4-14-39-29(38)19-6-5-7-22(16-19)34-27(36)24(31)25(28(34)37)32-21-11-8-18(9-12-21)26(35)33-23-13-10-20(30)15-17(23)2/h5-13,15-16,32H,3-4,14H2,1-2H3,(H,33,35). The normalized spacial score (nSPS) is 13.1. The van der Waals surface area contributed by atoms with Crippen molar-refractivity contribution in [1.82, 2.24) is 0 Å². The summed E-state index contributed by atoms with van der Waals surface area (Å²) in [5, 5.41) is 5.98. The van der Waals surface area contributed by atoms with Gasteiger partial charge in [-0.1, -0.05) is 42.6 Å². The van der Waals surface area contributed by atoms with E-state index in [4.69, 9.17) is 27.9 Å². The average Bonchev–Trinajstić information content (AvgIpc) is 3.13. The van der Waals surface area contributed by atoms with Crippen molar-refractivity contribution in [2.24, 2.45) is 0 Å². The van der Waals surface area contributed by atoms with Crippen molar-refractivity contribution in [2.75, 3.05) is 22.1 Å². The second-order valence-corrected chi connectivity index (χ2v) is 9.60. The number of carbonyl (C=O) groups is 4. The summed E-state index contributed by atoms with van der Waals surface area (Å²) in [6.45, 7) is 4.10. The van der Waals surface area contributed by atoms with Crippen LogP contribution in [0.2, 0.25) is 5.02 Å². The number of carbonyl (C=O) groups excluding carboxylic acids is 4. The molecule has 0 radical (unpaired) electrons. The van der Waals surface area contributed by atoms with Gasteiger partial charge < -0.3 is 15.4 Å². The molecular formula is C29H25Cl2N3O5. The van der Waals surface area contributed by atoms with Crippen LogP contribution >= 0.6 is 23.2 Å². The number of esters is 1. The fourth-order valence-electron chi connectivity index (χ4n) is 3.82. The molecule has 1 aliphatic heterocycles. The summed E-state index contributed by atoms with van der Waals surface area (Å²) in [5.74, 6) is -2.27. The van der Waals surface area contributed by atoms with Crippen molar-refractivity contribution >= 4 is 64.0 Å². The van der Waals surface area contributed by atoms with Gasteiger partial charge in [-0.3, -0.25) is 14.4 Å². The summed E-state index contributed by atoms with van der Waals surface area (Å²) >= 11 is 12.2. The van der Waals surface area contributed by atoms with Crippen molar-refractivity contribution in [3.05, 3.63) is 99.2 Å². The van der Waals surface area contributed by atoms with E-state index in [1.807, 2.05) is 13.8 Å². The third-order valence-corrected chi connectivity index (χ3v) is 6.54. The number of hydrogen-bond acceptors (Lipinski definition) is 6. The summed E-state index contributed by atoms with van der Waals surface area (Å²) in [7, 11) is 0. The van der Waals surface area contributed by atoms with Crippen LogP contribution in [-0.2, 0) is 14.3 Å². The van der Waals surface area contributed by atoms with Gasteiger partial charge in [-0.05, 0) is 79.6 Å². The van der Waals surface area contributed by atoms with E-state index in [1.165, 1.54) is 12.1 Å². The highest BCUT2D eigenvalue weighted by Gasteiger charge is 2.39. The first-order valence-electron chi connectivity index (χ1n) is 12.2. The monoisotopic (exact) mass is 565 g/mol. The Morgan fingerprint density at radius 1 is 0.923 bits per heavy atom. The quantitative estimate of drug-likeness (QED) is 0.179. The van der Waals surface area contributed by atoms with Gasteiger partial charge >= 0.3 is 5.97 Å². The molecule has 3 aromatic carbocycles. The summed E-state index contributed by atoms with van der Waals surface area (Å²) in [6.07, 6.45) is 1.61. The van der Waals surface area contributed by atoms with Crippen LogP contribution in [0.15, 0.2) is 77.5 Å². The van der Waals surface area contributed by atoms with E-state index in [9.17, 15) is 19.2 Å². The molecule has 0 fully saturated rings. The number of rotatable bonds is 9. The van der Waals surface area contributed by atoms with Crippen molar-refractivity contribution in [3.63, 3.8) is 0 Å². The fraction of sp³-hybridized carbons (Fsp3) is 0.172. The molecular weight excluding hydrogens is 541 g/mol. The Kier molecular flexibility index (Phi) is 8.69. The number of amides is 3. The number of unbranched alkanes of at least 4 members (excludes halogenated alkanes) is 1. The van der Waals surface area contributed by atoms with Gasteiger partial charge in [-0.15, -0.1) is 0 Å². The summed E-state index contributed by atoms with van der Waals surface area (Å²) in [5.41, 5.74) is 2.57. The third-order valence-electron chi connectivity index (χ3n) is 5.95. The molecule has 3 amide bonds. The van der Waals surface area contributed by atoms with Crippen LogP contribution in [0.1, 0.15) is 46.0 Å². The highest BCUT2D eigenvalue weighted by atomic mass is 35.5. The maximum atomic E-state index is 13.2. The molecule has 3 aromatic rings. The molecule has 2 N–H and O–H groups in total.